The van der Waals surface area contributed by atoms with E-state index in [1.165, 1.54) is 0 Å². The molecule has 2 aromatic heterocycles. The van der Waals surface area contributed by atoms with E-state index in [-0.39, 0.29) is 11.6 Å². The molecule has 2 aromatic carbocycles. The number of nitrogens with two attached hydrogens (primary N) is 4. The molecule has 36 heavy (non-hydrogen) atoms. The first-order valence-corrected chi connectivity index (χ1v) is 10.6. The lowest BCUT2D eigenvalue weighted by atomic mass is 10.0. The first-order valence-electron chi connectivity index (χ1n) is 10.6. The van der Waals surface area contributed by atoms with Gasteiger partial charge in [0.05, 0.1) is 14.2 Å². The molecule has 8 N–H and O–H groups in total. The summed E-state index contributed by atoms with van der Waals surface area (Å²) in [6.07, 6.45) is 0. The second-order valence-electron chi connectivity index (χ2n) is 7.45. The molecule has 4 rings (SSSR count). The van der Waals surface area contributed by atoms with E-state index in [1.807, 2.05) is 24.3 Å². The monoisotopic (exact) mass is 484 g/mol. The second-order valence-corrected chi connectivity index (χ2v) is 7.45. The lowest BCUT2D eigenvalue weighted by Crippen LogP contribution is -1.95. The number of hydrogen-bond acceptors (Lipinski definition) is 12. The predicted octanol–water partition coefficient (Wildman–Crippen LogP) is 5.32. The second kappa shape index (κ2) is 10.3. The van der Waals surface area contributed by atoms with E-state index in [2.05, 4.69) is 30.4 Å². The quantitative estimate of drug-likeness (QED) is 0.252. The lowest BCUT2D eigenvalue weighted by molar-refractivity contribution is 0.415. The van der Waals surface area contributed by atoms with Gasteiger partial charge in [0.15, 0.2) is 11.6 Å². The molecule has 0 aliphatic heterocycles. The highest BCUT2D eigenvalue weighted by atomic mass is 16.5. The fourth-order valence-corrected chi connectivity index (χ4v) is 3.23. The van der Waals surface area contributed by atoms with Crippen LogP contribution in [-0.4, -0.2) is 24.2 Å². The number of methoxy groups -OCH3 is 2. The van der Waals surface area contributed by atoms with E-state index in [9.17, 15) is 0 Å². The number of pyridine rings is 2. The third-order valence-electron chi connectivity index (χ3n) is 5.07. The van der Waals surface area contributed by atoms with Crippen molar-refractivity contribution in [2.24, 2.45) is 20.5 Å². The van der Waals surface area contributed by atoms with Crippen LogP contribution in [0.5, 0.6) is 11.5 Å². The number of azo groups is 2. The number of rotatable bonds is 7. The zero-order valence-electron chi connectivity index (χ0n) is 19.6. The van der Waals surface area contributed by atoms with Crippen LogP contribution in [0.4, 0.5) is 46.0 Å². The number of aromatic nitrogens is 2. The molecule has 0 radical (unpaired) electrons. The maximum absolute atomic E-state index is 5.85. The Kier molecular flexibility index (Phi) is 6.86. The van der Waals surface area contributed by atoms with Crippen LogP contribution in [0.2, 0.25) is 0 Å². The molecule has 0 bridgehead atoms. The van der Waals surface area contributed by atoms with Gasteiger partial charge in [-0.15, -0.1) is 20.5 Å². The summed E-state index contributed by atoms with van der Waals surface area (Å²) in [7, 11) is 3.11. The third-order valence-corrected chi connectivity index (χ3v) is 5.07. The molecule has 0 atom stereocenters. The van der Waals surface area contributed by atoms with Crippen molar-refractivity contribution in [3.63, 3.8) is 0 Å². The molecule has 0 aliphatic rings. The largest absolute Gasteiger partial charge is 0.494 e. The van der Waals surface area contributed by atoms with Gasteiger partial charge in [-0.05, 0) is 59.7 Å². The van der Waals surface area contributed by atoms with E-state index in [0.717, 1.165) is 11.1 Å². The van der Waals surface area contributed by atoms with Crippen LogP contribution in [0.25, 0.3) is 11.1 Å². The predicted molar refractivity (Wildman–Crippen MR) is 139 cm³/mol. The van der Waals surface area contributed by atoms with Crippen LogP contribution in [0.15, 0.2) is 81.1 Å². The van der Waals surface area contributed by atoms with Gasteiger partial charge in [-0.25, -0.2) is 9.97 Å². The van der Waals surface area contributed by atoms with Crippen molar-refractivity contribution in [1.29, 1.82) is 0 Å². The van der Waals surface area contributed by atoms with E-state index < -0.39 is 0 Å². The minimum Gasteiger partial charge on any atom is -0.494 e. The minimum absolute atomic E-state index is 0.189. The average molecular weight is 485 g/mol. The SMILES string of the molecule is COc1cc(-c2ccc(N=Nc3ccc(N)nc3N)c(OC)c2)ccc1N=Nc1ccc(N)nc1N. The van der Waals surface area contributed by atoms with Crippen molar-refractivity contribution >= 4 is 46.0 Å². The normalized spacial score (nSPS) is 11.3. The number of anilines is 4. The molecule has 182 valence electrons. The Morgan fingerprint density at radius 2 is 0.889 bits per heavy atom. The van der Waals surface area contributed by atoms with Crippen LogP contribution in [0, 0.1) is 0 Å². The smallest absolute Gasteiger partial charge is 0.153 e. The number of nitrogens with zero attached hydrogens (tertiary/aromatic N) is 6. The highest BCUT2D eigenvalue weighted by Gasteiger charge is 2.10. The Morgan fingerprint density at radius 3 is 1.25 bits per heavy atom. The van der Waals surface area contributed by atoms with E-state index in [4.69, 9.17) is 32.4 Å². The van der Waals surface area contributed by atoms with E-state index in [1.54, 1.807) is 50.6 Å². The number of hydrogen-bond donors (Lipinski definition) is 4. The third kappa shape index (κ3) is 5.28. The van der Waals surface area contributed by atoms with Gasteiger partial charge in [0.2, 0.25) is 0 Å². The molecular weight excluding hydrogens is 460 g/mol. The van der Waals surface area contributed by atoms with Crippen LogP contribution < -0.4 is 32.4 Å². The first kappa shape index (κ1) is 23.9. The molecule has 12 heteroatoms. The summed E-state index contributed by atoms with van der Waals surface area (Å²) >= 11 is 0. The Bertz CT molecular complexity index is 1360. The Labute approximate surface area is 206 Å². The summed E-state index contributed by atoms with van der Waals surface area (Å²) in [6, 6.07) is 17.5. The highest BCUT2D eigenvalue weighted by Crippen LogP contribution is 2.38. The van der Waals surface area contributed by atoms with Crippen LogP contribution >= 0.6 is 0 Å². The lowest BCUT2D eigenvalue weighted by Gasteiger charge is -2.10. The minimum atomic E-state index is 0.189. The van der Waals surface area contributed by atoms with Crippen molar-refractivity contribution in [3.8, 4) is 22.6 Å². The Morgan fingerprint density at radius 1 is 0.528 bits per heavy atom. The van der Waals surface area contributed by atoms with Crippen LogP contribution in [0.1, 0.15) is 0 Å². The number of benzene rings is 2. The average Bonchev–Trinajstić information content (AvgIpc) is 2.87. The van der Waals surface area contributed by atoms with Crippen LogP contribution in [-0.2, 0) is 0 Å². The zero-order valence-corrected chi connectivity index (χ0v) is 19.6. The summed E-state index contributed by atoms with van der Waals surface area (Å²) in [5.41, 5.74) is 26.5. The van der Waals surface area contributed by atoms with Gasteiger partial charge < -0.3 is 32.4 Å². The van der Waals surface area contributed by atoms with Crippen LogP contribution in [0.3, 0.4) is 0 Å². The molecule has 0 spiro atoms. The Balaban J connectivity index is 1.60. The summed E-state index contributed by atoms with van der Waals surface area (Å²) in [5, 5.41) is 16.8. The van der Waals surface area contributed by atoms with Gasteiger partial charge in [0, 0.05) is 0 Å². The van der Waals surface area contributed by atoms with Crippen molar-refractivity contribution in [3.05, 3.63) is 60.7 Å². The van der Waals surface area contributed by atoms with Gasteiger partial charge in [0.25, 0.3) is 0 Å². The molecule has 0 amide bonds. The fraction of sp³-hybridized carbons (Fsp3) is 0.0833. The molecule has 0 saturated carbocycles. The van der Waals surface area contributed by atoms with Crippen molar-refractivity contribution in [2.45, 2.75) is 0 Å². The highest BCUT2D eigenvalue weighted by molar-refractivity contribution is 5.73. The molecule has 2 heterocycles. The van der Waals surface area contributed by atoms with Crippen molar-refractivity contribution in [1.82, 2.24) is 9.97 Å². The van der Waals surface area contributed by atoms with Gasteiger partial charge in [-0.3, -0.25) is 0 Å². The number of ether oxygens (including phenoxy) is 2. The standard InChI is InChI=1S/C24H24N10O2/c1-35-19-11-13(3-5-15(19)31-33-17-7-9-21(25)29-23(17)27)14-4-6-16(20(12-14)36-2)32-34-18-8-10-22(26)30-24(18)28/h3-12H,1-2H3,(H4,25,27,29)(H4,26,28,30). The molecule has 12 nitrogen and oxygen atoms in total. The summed E-state index contributed by atoms with van der Waals surface area (Å²) < 4.78 is 11.0. The van der Waals surface area contributed by atoms with Gasteiger partial charge in [0.1, 0.15) is 45.9 Å². The van der Waals surface area contributed by atoms with Crippen molar-refractivity contribution < 1.29 is 9.47 Å². The van der Waals surface area contributed by atoms with Gasteiger partial charge >= 0.3 is 0 Å². The molecule has 0 saturated heterocycles. The maximum atomic E-state index is 5.85. The van der Waals surface area contributed by atoms with Crippen molar-refractivity contribution in [2.75, 3.05) is 37.2 Å². The topological polar surface area (TPSA) is 198 Å². The molecular formula is C24H24N10O2. The summed E-state index contributed by atoms with van der Waals surface area (Å²) in [6.45, 7) is 0. The van der Waals surface area contributed by atoms with Gasteiger partial charge in [-0.2, -0.15) is 0 Å². The number of nitrogen functional groups attached to an aromatic ring is 4. The molecule has 4 aromatic rings. The summed E-state index contributed by atoms with van der Waals surface area (Å²) in [4.78, 5) is 7.95. The molecule has 0 fully saturated rings. The fourth-order valence-electron chi connectivity index (χ4n) is 3.23. The van der Waals surface area contributed by atoms with E-state index >= 15 is 0 Å². The zero-order chi connectivity index (χ0) is 25.7. The van der Waals surface area contributed by atoms with Gasteiger partial charge in [-0.1, -0.05) is 12.1 Å². The molecule has 0 aliphatic carbocycles. The summed E-state index contributed by atoms with van der Waals surface area (Å²) in [5.74, 6) is 2.04. The molecule has 0 unspecified atom stereocenters. The van der Waals surface area contributed by atoms with E-state index in [0.29, 0.717) is 45.9 Å². The first-order chi connectivity index (χ1) is 17.4. The maximum Gasteiger partial charge on any atom is 0.153 e. The Hall–Kier alpha value is -5.26.